The summed E-state index contributed by atoms with van der Waals surface area (Å²) in [5.74, 6) is -1.04. The fourth-order valence-electron chi connectivity index (χ4n) is 2.09. The summed E-state index contributed by atoms with van der Waals surface area (Å²) in [4.78, 5) is 12.9. The summed E-state index contributed by atoms with van der Waals surface area (Å²) in [6.07, 6.45) is 1.60. The minimum Gasteiger partial charge on any atom is -0.481 e. The predicted octanol–water partition coefficient (Wildman–Crippen LogP) is 2.18. The van der Waals surface area contributed by atoms with E-state index in [1.54, 1.807) is 0 Å². The van der Waals surface area contributed by atoms with Crippen LogP contribution in [0.2, 0.25) is 0 Å². The number of aliphatic carboxylic acids is 1. The molecule has 1 unspecified atom stereocenters. The Kier molecular flexibility index (Phi) is 4.15. The number of nitrogens with zero attached hydrogens (tertiary/aromatic N) is 1. The van der Waals surface area contributed by atoms with Crippen LogP contribution in [-0.4, -0.2) is 34.2 Å². The third-order valence-electron chi connectivity index (χ3n) is 3.08. The van der Waals surface area contributed by atoms with E-state index in [9.17, 15) is 4.79 Å². The Morgan fingerprint density at radius 1 is 1.39 bits per heavy atom. The van der Waals surface area contributed by atoms with Gasteiger partial charge in [0.15, 0.2) is 5.11 Å². The number of carboxylic acids is 1. The molecule has 5 heteroatoms. The lowest BCUT2D eigenvalue weighted by atomic mass is 9.99. The van der Waals surface area contributed by atoms with E-state index in [2.05, 4.69) is 5.32 Å². The number of nitrogens with one attached hydrogen (secondary N) is 1. The molecule has 2 N–H and O–H groups in total. The molecular formula is C13H16N2O2S. The minimum atomic E-state index is -0.734. The number of rotatable bonds is 2. The Balaban J connectivity index is 1.95. The van der Waals surface area contributed by atoms with Crippen LogP contribution in [0.3, 0.4) is 0 Å². The SMILES string of the molecule is O=C(O)C1CCCN(C(=S)Nc2ccccc2)C1. The molecule has 0 aromatic heterocycles. The van der Waals surface area contributed by atoms with E-state index in [0.29, 0.717) is 11.7 Å². The van der Waals surface area contributed by atoms with E-state index in [1.165, 1.54) is 0 Å². The fourth-order valence-corrected chi connectivity index (χ4v) is 2.37. The van der Waals surface area contributed by atoms with E-state index in [1.807, 2.05) is 35.2 Å². The smallest absolute Gasteiger partial charge is 0.308 e. The number of hydrogen-bond acceptors (Lipinski definition) is 2. The first-order chi connectivity index (χ1) is 8.66. The molecule has 96 valence electrons. The molecule has 1 heterocycles. The van der Waals surface area contributed by atoms with Crippen LogP contribution in [0.25, 0.3) is 0 Å². The summed E-state index contributed by atoms with van der Waals surface area (Å²) < 4.78 is 0. The van der Waals surface area contributed by atoms with E-state index >= 15 is 0 Å². The highest BCUT2D eigenvalue weighted by Crippen LogP contribution is 2.18. The zero-order chi connectivity index (χ0) is 13.0. The summed E-state index contributed by atoms with van der Waals surface area (Å²) in [6.45, 7) is 1.32. The number of anilines is 1. The van der Waals surface area contributed by atoms with E-state index in [4.69, 9.17) is 17.3 Å². The second kappa shape index (κ2) is 5.82. The van der Waals surface area contributed by atoms with Crippen LogP contribution in [0.5, 0.6) is 0 Å². The van der Waals surface area contributed by atoms with Crippen molar-refractivity contribution in [3.05, 3.63) is 30.3 Å². The zero-order valence-corrected chi connectivity index (χ0v) is 10.8. The lowest BCUT2D eigenvalue weighted by molar-refractivity contribution is -0.143. The van der Waals surface area contributed by atoms with Crippen LogP contribution in [0.1, 0.15) is 12.8 Å². The van der Waals surface area contributed by atoms with Gasteiger partial charge in [0.25, 0.3) is 0 Å². The van der Waals surface area contributed by atoms with Gasteiger partial charge in [-0.2, -0.15) is 0 Å². The van der Waals surface area contributed by atoms with Gasteiger partial charge in [0.05, 0.1) is 5.92 Å². The molecule has 1 aromatic carbocycles. The molecule has 0 spiro atoms. The third kappa shape index (κ3) is 3.20. The average molecular weight is 264 g/mol. The van der Waals surface area contributed by atoms with Crippen molar-refractivity contribution >= 4 is 29.0 Å². The van der Waals surface area contributed by atoms with Crippen LogP contribution in [-0.2, 0) is 4.79 Å². The normalized spacial score (nSPS) is 19.3. The number of carbonyl (C=O) groups is 1. The zero-order valence-electron chi connectivity index (χ0n) is 10.0. The topological polar surface area (TPSA) is 52.6 Å². The molecule has 1 atom stereocenters. The molecule has 0 saturated carbocycles. The molecule has 1 aliphatic heterocycles. The first kappa shape index (κ1) is 12.8. The predicted molar refractivity (Wildman–Crippen MR) is 74.6 cm³/mol. The van der Waals surface area contributed by atoms with E-state index in [-0.39, 0.29) is 5.92 Å². The molecular weight excluding hydrogens is 248 g/mol. The van der Waals surface area contributed by atoms with Gasteiger partial charge in [-0.1, -0.05) is 18.2 Å². The first-order valence-corrected chi connectivity index (χ1v) is 6.41. The highest BCUT2D eigenvalue weighted by molar-refractivity contribution is 7.80. The van der Waals surface area contributed by atoms with E-state index < -0.39 is 5.97 Å². The second-order valence-corrected chi connectivity index (χ2v) is 4.81. The minimum absolute atomic E-state index is 0.311. The highest BCUT2D eigenvalue weighted by atomic mass is 32.1. The number of hydrogen-bond donors (Lipinski definition) is 2. The number of thiocarbonyl (C=S) groups is 1. The maximum atomic E-state index is 11.0. The Hall–Kier alpha value is -1.62. The van der Waals surface area contributed by atoms with Crippen LogP contribution in [0.4, 0.5) is 5.69 Å². The van der Waals surface area contributed by atoms with Crippen molar-refractivity contribution in [2.45, 2.75) is 12.8 Å². The van der Waals surface area contributed by atoms with Crippen molar-refractivity contribution in [2.24, 2.45) is 5.92 Å². The summed E-state index contributed by atoms with van der Waals surface area (Å²) in [7, 11) is 0. The Labute approximate surface area is 112 Å². The molecule has 1 aliphatic rings. The van der Waals surface area contributed by atoms with Crippen molar-refractivity contribution in [1.82, 2.24) is 4.90 Å². The number of para-hydroxylation sites is 1. The highest BCUT2D eigenvalue weighted by Gasteiger charge is 2.26. The van der Waals surface area contributed by atoms with Gasteiger partial charge in [-0.15, -0.1) is 0 Å². The van der Waals surface area contributed by atoms with Crippen LogP contribution in [0.15, 0.2) is 30.3 Å². The van der Waals surface area contributed by atoms with Gasteiger partial charge < -0.3 is 15.3 Å². The van der Waals surface area contributed by atoms with Crippen molar-refractivity contribution in [3.63, 3.8) is 0 Å². The van der Waals surface area contributed by atoms with Gasteiger partial charge >= 0.3 is 5.97 Å². The number of likely N-dealkylation sites (tertiary alicyclic amines) is 1. The summed E-state index contributed by atoms with van der Waals surface area (Å²) in [5.41, 5.74) is 0.931. The quantitative estimate of drug-likeness (QED) is 0.802. The molecule has 1 saturated heterocycles. The van der Waals surface area contributed by atoms with Gasteiger partial charge in [0.2, 0.25) is 0 Å². The van der Waals surface area contributed by atoms with Gasteiger partial charge in [-0.25, -0.2) is 0 Å². The largest absolute Gasteiger partial charge is 0.481 e. The molecule has 1 aromatic rings. The number of carboxylic acid groups (broad SMARTS) is 1. The van der Waals surface area contributed by atoms with Gasteiger partial charge in [0.1, 0.15) is 0 Å². The maximum Gasteiger partial charge on any atom is 0.308 e. The Bertz CT molecular complexity index is 436. The molecule has 0 aliphatic carbocycles. The number of piperidine rings is 1. The third-order valence-corrected chi connectivity index (χ3v) is 3.44. The van der Waals surface area contributed by atoms with Crippen LogP contribution in [0, 0.1) is 5.92 Å². The standard InChI is InChI=1S/C13H16N2O2S/c16-12(17)10-5-4-8-15(9-10)13(18)14-11-6-2-1-3-7-11/h1-3,6-7,10H,4-5,8-9H2,(H,14,18)(H,16,17). The molecule has 2 rings (SSSR count). The summed E-state index contributed by atoms with van der Waals surface area (Å²) in [6, 6.07) is 9.67. The Morgan fingerprint density at radius 2 is 2.11 bits per heavy atom. The van der Waals surface area contributed by atoms with Gasteiger partial charge in [-0.3, -0.25) is 4.79 Å². The van der Waals surface area contributed by atoms with E-state index in [0.717, 1.165) is 25.1 Å². The maximum absolute atomic E-state index is 11.0. The molecule has 18 heavy (non-hydrogen) atoms. The van der Waals surface area contributed by atoms with Crippen molar-refractivity contribution in [2.75, 3.05) is 18.4 Å². The molecule has 1 fully saturated rings. The van der Waals surface area contributed by atoms with Crippen molar-refractivity contribution in [3.8, 4) is 0 Å². The first-order valence-electron chi connectivity index (χ1n) is 6.00. The van der Waals surface area contributed by atoms with Crippen LogP contribution < -0.4 is 5.32 Å². The molecule has 4 nitrogen and oxygen atoms in total. The van der Waals surface area contributed by atoms with Crippen molar-refractivity contribution < 1.29 is 9.90 Å². The summed E-state index contributed by atoms with van der Waals surface area (Å²) in [5, 5.41) is 12.8. The van der Waals surface area contributed by atoms with Crippen LogP contribution >= 0.6 is 12.2 Å². The average Bonchev–Trinajstić information content (AvgIpc) is 2.40. The lowest BCUT2D eigenvalue weighted by Crippen LogP contribution is -2.44. The second-order valence-electron chi connectivity index (χ2n) is 4.42. The molecule has 0 radical (unpaired) electrons. The molecule has 0 bridgehead atoms. The lowest BCUT2D eigenvalue weighted by Gasteiger charge is -2.32. The van der Waals surface area contributed by atoms with Gasteiger partial charge in [-0.05, 0) is 37.2 Å². The Morgan fingerprint density at radius 3 is 2.78 bits per heavy atom. The molecule has 0 amide bonds. The fraction of sp³-hybridized carbons (Fsp3) is 0.385. The van der Waals surface area contributed by atoms with Gasteiger partial charge in [0, 0.05) is 18.8 Å². The monoisotopic (exact) mass is 264 g/mol. The van der Waals surface area contributed by atoms with Crippen molar-refractivity contribution in [1.29, 1.82) is 0 Å². The number of benzene rings is 1. The summed E-state index contributed by atoms with van der Waals surface area (Å²) >= 11 is 5.32.